The number of aromatic nitrogens is 5. The van der Waals surface area contributed by atoms with Crippen LogP contribution < -0.4 is 16.0 Å². The van der Waals surface area contributed by atoms with E-state index in [2.05, 4.69) is 25.4 Å². The number of carbonyl (C=O) groups is 1. The molecule has 13 heteroatoms. The highest BCUT2D eigenvalue weighted by atomic mass is 19.1. The number of nitrogen functional groups attached to an aromatic ring is 1. The fourth-order valence-electron chi connectivity index (χ4n) is 5.68. The van der Waals surface area contributed by atoms with E-state index in [0.717, 1.165) is 43.6 Å². The molecule has 0 saturated carbocycles. The lowest BCUT2D eigenvalue weighted by Gasteiger charge is -2.36. The van der Waals surface area contributed by atoms with Gasteiger partial charge in [-0.2, -0.15) is 19.7 Å². The molecule has 0 radical (unpaired) electrons. The van der Waals surface area contributed by atoms with Crippen molar-refractivity contribution < 1.29 is 13.6 Å². The Morgan fingerprint density at radius 1 is 1.05 bits per heavy atom. The van der Waals surface area contributed by atoms with Gasteiger partial charge < -0.3 is 25.3 Å². The maximum absolute atomic E-state index is 15.1. The van der Waals surface area contributed by atoms with Gasteiger partial charge in [-0.1, -0.05) is 0 Å². The maximum atomic E-state index is 15.1. The average Bonchev–Trinajstić information content (AvgIpc) is 3.77. The Balaban J connectivity index is 0.993. The van der Waals surface area contributed by atoms with Crippen LogP contribution in [0, 0.1) is 5.82 Å². The largest absolute Gasteiger partial charge is 0.463 e. The molecule has 5 aromatic rings. The van der Waals surface area contributed by atoms with Crippen LogP contribution in [-0.4, -0.2) is 99.0 Å². The van der Waals surface area contributed by atoms with Gasteiger partial charge in [0.25, 0.3) is 5.91 Å². The lowest BCUT2D eigenvalue weighted by molar-refractivity contribution is 0.0735. The molecule has 4 aromatic heterocycles. The summed E-state index contributed by atoms with van der Waals surface area (Å²) < 4.78 is 24.1. The van der Waals surface area contributed by atoms with Crippen molar-refractivity contribution in [2.75, 3.05) is 69.5 Å². The molecule has 0 aliphatic carbocycles. The molecule has 7 rings (SSSR count). The number of hydrogen-bond acceptors (Lipinski definition) is 9. The number of nitrogens with one attached hydrogen (secondary N) is 1. The molecule has 41 heavy (non-hydrogen) atoms. The Hall–Kier alpha value is -4.49. The predicted octanol–water partition coefficient (Wildman–Crippen LogP) is 1.93. The Morgan fingerprint density at radius 2 is 1.88 bits per heavy atom. The lowest BCUT2D eigenvalue weighted by Crippen LogP contribution is -2.47. The first kappa shape index (κ1) is 25.5. The molecule has 1 amide bonds. The standard InChI is InChI=1S/C28H31FN10O2/c29-21-16-19(27(40)37-7-5-31-6-8-37)3-4-23(21)36-12-9-35(10-13-36)11-14-38-26-20(18-32-38)24-17-22(25-2-1-15-41-25)34-39(24)28(30)33-26/h1-4,15-18,31H,5-14H2,(H2,30,33). The molecule has 2 aliphatic rings. The van der Waals surface area contributed by atoms with Gasteiger partial charge in [0.05, 0.1) is 35.6 Å². The van der Waals surface area contributed by atoms with Crippen LogP contribution in [0.15, 0.2) is 53.3 Å². The first-order valence-electron chi connectivity index (χ1n) is 13.9. The molecule has 1 aromatic carbocycles. The number of amides is 1. The number of anilines is 2. The Labute approximate surface area is 235 Å². The van der Waals surface area contributed by atoms with E-state index in [4.69, 9.17) is 10.2 Å². The molecule has 3 N–H and O–H groups in total. The summed E-state index contributed by atoms with van der Waals surface area (Å²) in [6, 6.07) is 10.5. The lowest BCUT2D eigenvalue weighted by atomic mass is 10.1. The monoisotopic (exact) mass is 558 g/mol. The van der Waals surface area contributed by atoms with Crippen LogP contribution in [0.1, 0.15) is 10.4 Å². The molecule has 0 spiro atoms. The number of piperazine rings is 2. The summed E-state index contributed by atoms with van der Waals surface area (Å²) in [6.07, 6.45) is 3.40. The quantitative estimate of drug-likeness (QED) is 0.322. The highest BCUT2D eigenvalue weighted by Crippen LogP contribution is 2.27. The normalized spacial score (nSPS) is 16.7. The molecule has 0 atom stereocenters. The predicted molar refractivity (Wildman–Crippen MR) is 152 cm³/mol. The summed E-state index contributed by atoms with van der Waals surface area (Å²) in [6.45, 7) is 7.18. The van der Waals surface area contributed by atoms with E-state index >= 15 is 4.39 Å². The fourth-order valence-corrected chi connectivity index (χ4v) is 5.68. The van der Waals surface area contributed by atoms with Crippen molar-refractivity contribution in [2.24, 2.45) is 0 Å². The van der Waals surface area contributed by atoms with E-state index < -0.39 is 0 Å². The van der Waals surface area contributed by atoms with Crippen molar-refractivity contribution in [1.29, 1.82) is 0 Å². The zero-order chi connectivity index (χ0) is 27.9. The first-order chi connectivity index (χ1) is 20.0. The van der Waals surface area contributed by atoms with Crippen molar-refractivity contribution in [3.05, 3.63) is 60.2 Å². The molecule has 6 heterocycles. The molecule has 0 bridgehead atoms. The first-order valence-corrected chi connectivity index (χ1v) is 13.9. The van der Waals surface area contributed by atoms with Gasteiger partial charge in [0, 0.05) is 64.5 Å². The van der Waals surface area contributed by atoms with Gasteiger partial charge >= 0.3 is 0 Å². The van der Waals surface area contributed by atoms with Crippen molar-refractivity contribution in [1.82, 2.24) is 39.5 Å². The van der Waals surface area contributed by atoms with Gasteiger partial charge in [0.15, 0.2) is 11.4 Å². The molecule has 212 valence electrons. The van der Waals surface area contributed by atoms with Crippen LogP contribution in [0.3, 0.4) is 0 Å². The summed E-state index contributed by atoms with van der Waals surface area (Å²) in [7, 11) is 0. The van der Waals surface area contributed by atoms with Crippen molar-refractivity contribution in [3.8, 4) is 11.5 Å². The highest BCUT2D eigenvalue weighted by Gasteiger charge is 2.23. The van der Waals surface area contributed by atoms with Gasteiger partial charge in [0.2, 0.25) is 5.95 Å². The number of benzene rings is 1. The van der Waals surface area contributed by atoms with E-state index in [1.807, 2.05) is 27.8 Å². The number of hydrogen-bond donors (Lipinski definition) is 2. The van der Waals surface area contributed by atoms with Gasteiger partial charge in [-0.15, -0.1) is 0 Å². The smallest absolute Gasteiger partial charge is 0.254 e. The summed E-state index contributed by atoms with van der Waals surface area (Å²) in [5.74, 6) is 0.472. The van der Waals surface area contributed by atoms with E-state index in [9.17, 15) is 4.79 Å². The summed E-state index contributed by atoms with van der Waals surface area (Å²) in [5, 5.41) is 13.2. The molecular weight excluding hydrogens is 527 g/mol. The van der Waals surface area contributed by atoms with Crippen molar-refractivity contribution in [2.45, 2.75) is 6.54 Å². The van der Waals surface area contributed by atoms with Crippen LogP contribution in [0.4, 0.5) is 16.0 Å². The minimum absolute atomic E-state index is 0.115. The van der Waals surface area contributed by atoms with Gasteiger partial charge in [-0.3, -0.25) is 9.69 Å². The highest BCUT2D eigenvalue weighted by molar-refractivity contribution is 5.95. The second-order valence-electron chi connectivity index (χ2n) is 10.4. The molecule has 0 unspecified atom stereocenters. The third kappa shape index (κ3) is 4.76. The molecule has 2 saturated heterocycles. The third-order valence-electron chi connectivity index (χ3n) is 7.95. The summed E-state index contributed by atoms with van der Waals surface area (Å²) in [5.41, 5.74) is 9.40. The Bertz CT molecular complexity index is 1700. The molecule has 2 fully saturated rings. The summed E-state index contributed by atoms with van der Waals surface area (Å²) >= 11 is 0. The van der Waals surface area contributed by atoms with E-state index in [0.29, 0.717) is 61.1 Å². The van der Waals surface area contributed by atoms with Crippen LogP contribution in [0.25, 0.3) is 28.0 Å². The minimum atomic E-state index is -0.354. The van der Waals surface area contributed by atoms with Gasteiger partial charge in [0.1, 0.15) is 11.5 Å². The van der Waals surface area contributed by atoms with E-state index in [1.165, 1.54) is 6.07 Å². The van der Waals surface area contributed by atoms with E-state index in [1.54, 1.807) is 34.0 Å². The second kappa shape index (κ2) is 10.5. The van der Waals surface area contributed by atoms with Crippen LogP contribution >= 0.6 is 0 Å². The van der Waals surface area contributed by atoms with E-state index in [-0.39, 0.29) is 17.7 Å². The topological polar surface area (TPSA) is 126 Å². The third-order valence-corrected chi connectivity index (χ3v) is 7.95. The number of halogens is 1. The second-order valence-corrected chi connectivity index (χ2v) is 10.4. The van der Waals surface area contributed by atoms with Crippen LogP contribution in [0.5, 0.6) is 0 Å². The van der Waals surface area contributed by atoms with Crippen LogP contribution in [0.2, 0.25) is 0 Å². The zero-order valence-electron chi connectivity index (χ0n) is 22.5. The number of nitrogens with two attached hydrogens (primary N) is 1. The Morgan fingerprint density at radius 3 is 2.63 bits per heavy atom. The zero-order valence-corrected chi connectivity index (χ0v) is 22.5. The SMILES string of the molecule is Nc1nc2c(cnn2CCN2CCN(c3ccc(C(=O)N4CCNCC4)cc3F)CC2)c2cc(-c3ccco3)nn12. The number of rotatable bonds is 6. The molecular formula is C28H31FN10O2. The van der Waals surface area contributed by atoms with Gasteiger partial charge in [-0.05, 0) is 36.4 Å². The molecule has 12 nitrogen and oxygen atoms in total. The van der Waals surface area contributed by atoms with Crippen molar-refractivity contribution in [3.63, 3.8) is 0 Å². The average molecular weight is 559 g/mol. The number of carbonyl (C=O) groups excluding carboxylic acids is 1. The maximum Gasteiger partial charge on any atom is 0.254 e. The van der Waals surface area contributed by atoms with Crippen molar-refractivity contribution >= 4 is 34.1 Å². The Kier molecular flexibility index (Phi) is 6.51. The summed E-state index contributed by atoms with van der Waals surface area (Å²) in [4.78, 5) is 23.5. The van der Waals surface area contributed by atoms with Crippen LogP contribution in [-0.2, 0) is 6.54 Å². The number of nitrogens with zero attached hydrogens (tertiary/aromatic N) is 8. The minimum Gasteiger partial charge on any atom is -0.463 e. The number of furan rings is 1. The molecule has 2 aliphatic heterocycles. The fraction of sp³-hybridized carbons (Fsp3) is 0.357. The van der Waals surface area contributed by atoms with Gasteiger partial charge in [-0.25, -0.2) is 9.07 Å². The number of fused-ring (bicyclic) bond motifs is 3.